The maximum Gasteiger partial charge on any atom is 0.137 e. The van der Waals surface area contributed by atoms with Crippen molar-refractivity contribution in [1.82, 2.24) is 15.1 Å². The molecule has 0 radical (unpaired) electrons. The Bertz CT molecular complexity index is 964. The minimum absolute atomic E-state index is 0.458. The molecule has 5 nitrogen and oxygen atoms in total. The van der Waals surface area contributed by atoms with Gasteiger partial charge in [0.25, 0.3) is 0 Å². The van der Waals surface area contributed by atoms with E-state index in [4.69, 9.17) is 4.99 Å². The quantitative estimate of drug-likeness (QED) is 0.526. The Kier molecular flexibility index (Phi) is 6.15. The van der Waals surface area contributed by atoms with Crippen LogP contribution >= 0.6 is 0 Å². The predicted molar refractivity (Wildman–Crippen MR) is 131 cm³/mol. The number of allylic oxidation sites excluding steroid dienone is 6. The largest absolute Gasteiger partial charge is 0.370 e. The molecule has 0 aromatic rings. The van der Waals surface area contributed by atoms with Crippen LogP contribution < -0.4 is 5.32 Å². The molecule has 4 heterocycles. The molecule has 5 heteroatoms. The van der Waals surface area contributed by atoms with E-state index in [9.17, 15) is 0 Å². The molecule has 0 aromatic heterocycles. The fraction of sp³-hybridized carbons (Fsp3) is 0.462. The molecule has 4 aliphatic rings. The maximum atomic E-state index is 4.95. The Morgan fingerprint density at radius 1 is 1.32 bits per heavy atom. The highest BCUT2D eigenvalue weighted by atomic mass is 15.2. The number of fused-ring (bicyclic) bond motifs is 1. The van der Waals surface area contributed by atoms with Crippen LogP contribution in [0.25, 0.3) is 0 Å². The Balaban J connectivity index is 1.61. The van der Waals surface area contributed by atoms with Crippen LogP contribution in [0.4, 0.5) is 0 Å². The van der Waals surface area contributed by atoms with E-state index in [2.05, 4.69) is 77.1 Å². The van der Waals surface area contributed by atoms with Gasteiger partial charge in [0, 0.05) is 44.0 Å². The Morgan fingerprint density at radius 3 is 2.84 bits per heavy atom. The lowest BCUT2D eigenvalue weighted by molar-refractivity contribution is 0.315. The molecule has 164 valence electrons. The number of aliphatic imine (C=N–C) groups is 2. The predicted octanol–water partition coefficient (Wildman–Crippen LogP) is 4.57. The van der Waals surface area contributed by atoms with Crippen molar-refractivity contribution in [1.29, 1.82) is 0 Å². The van der Waals surface area contributed by atoms with Gasteiger partial charge in [0.2, 0.25) is 0 Å². The third-order valence-corrected chi connectivity index (χ3v) is 6.79. The lowest BCUT2D eigenvalue weighted by atomic mass is 9.86. The third-order valence-electron chi connectivity index (χ3n) is 6.79. The molecule has 2 saturated heterocycles. The van der Waals surface area contributed by atoms with Crippen molar-refractivity contribution >= 4 is 11.5 Å². The molecule has 1 N–H and O–H groups in total. The molecule has 1 spiro atoms. The maximum absolute atomic E-state index is 4.95. The molecular weight excluding hydrogens is 382 g/mol. The number of amidine groups is 1. The minimum Gasteiger partial charge on any atom is -0.370 e. The van der Waals surface area contributed by atoms with Crippen molar-refractivity contribution in [3.05, 3.63) is 71.4 Å². The molecule has 0 saturated carbocycles. The van der Waals surface area contributed by atoms with Crippen LogP contribution in [0.1, 0.15) is 40.0 Å². The van der Waals surface area contributed by atoms with E-state index >= 15 is 0 Å². The number of hydrogen-bond donors (Lipinski definition) is 1. The highest BCUT2D eigenvalue weighted by molar-refractivity contribution is 6.12. The van der Waals surface area contributed by atoms with Crippen molar-refractivity contribution < 1.29 is 0 Å². The molecule has 31 heavy (non-hydrogen) atoms. The number of likely N-dealkylation sites (tertiary alicyclic amines) is 1. The van der Waals surface area contributed by atoms with E-state index in [0.29, 0.717) is 5.41 Å². The SMILES string of the molecule is C=C(C)/C(C)=C/C(=NC)C1=C/C(=C/CC)N2C=C(N3CCC4(CCNC4)C3)C=CC2=N1. The average molecular weight is 418 g/mol. The molecule has 1 unspecified atom stereocenters. The number of nitrogens with zero attached hydrogens (tertiary/aromatic N) is 4. The van der Waals surface area contributed by atoms with Gasteiger partial charge in [-0.2, -0.15) is 0 Å². The number of nitrogens with one attached hydrogen (secondary N) is 1. The van der Waals surface area contributed by atoms with Gasteiger partial charge in [-0.3, -0.25) is 4.99 Å². The van der Waals surface area contributed by atoms with Crippen molar-refractivity contribution in [3.63, 3.8) is 0 Å². The van der Waals surface area contributed by atoms with E-state index < -0.39 is 0 Å². The minimum atomic E-state index is 0.458. The highest BCUT2D eigenvalue weighted by Gasteiger charge is 2.41. The molecule has 0 aliphatic carbocycles. The zero-order valence-electron chi connectivity index (χ0n) is 19.4. The summed E-state index contributed by atoms with van der Waals surface area (Å²) in [4.78, 5) is 14.2. The van der Waals surface area contributed by atoms with Gasteiger partial charge in [0.15, 0.2) is 0 Å². The van der Waals surface area contributed by atoms with E-state index in [1.807, 2.05) is 14.0 Å². The first kappa shape index (κ1) is 21.6. The molecule has 0 aromatic carbocycles. The van der Waals surface area contributed by atoms with E-state index in [1.54, 1.807) is 0 Å². The summed E-state index contributed by atoms with van der Waals surface area (Å²) in [5, 5.41) is 3.56. The summed E-state index contributed by atoms with van der Waals surface area (Å²) >= 11 is 0. The first-order valence-corrected chi connectivity index (χ1v) is 11.4. The van der Waals surface area contributed by atoms with Gasteiger partial charge >= 0.3 is 0 Å². The van der Waals surface area contributed by atoms with Crippen LogP contribution in [0.15, 0.2) is 81.4 Å². The molecular formula is C26H35N5. The smallest absolute Gasteiger partial charge is 0.137 e. The van der Waals surface area contributed by atoms with Crippen LogP contribution in [0.5, 0.6) is 0 Å². The topological polar surface area (TPSA) is 43.2 Å². The molecule has 1 atom stereocenters. The van der Waals surface area contributed by atoms with Crippen LogP contribution in [0.3, 0.4) is 0 Å². The van der Waals surface area contributed by atoms with E-state index in [0.717, 1.165) is 66.7 Å². The summed E-state index contributed by atoms with van der Waals surface area (Å²) < 4.78 is 0. The van der Waals surface area contributed by atoms with Crippen LogP contribution in [-0.4, -0.2) is 54.6 Å². The normalized spacial score (nSPS) is 27.6. The first-order valence-electron chi connectivity index (χ1n) is 11.4. The van der Waals surface area contributed by atoms with Crippen molar-refractivity contribution in [2.45, 2.75) is 40.0 Å². The van der Waals surface area contributed by atoms with E-state index in [1.165, 1.54) is 18.5 Å². The van der Waals surface area contributed by atoms with Crippen LogP contribution in [0.2, 0.25) is 0 Å². The molecule has 0 amide bonds. The molecule has 4 aliphatic heterocycles. The van der Waals surface area contributed by atoms with Crippen molar-refractivity contribution in [2.24, 2.45) is 15.4 Å². The van der Waals surface area contributed by atoms with Gasteiger partial charge in [-0.05, 0) is 69.5 Å². The monoisotopic (exact) mass is 417 g/mol. The number of rotatable bonds is 5. The Labute approximate surface area is 187 Å². The summed E-state index contributed by atoms with van der Waals surface area (Å²) in [5.41, 5.74) is 6.84. The average Bonchev–Trinajstić information content (AvgIpc) is 3.41. The third kappa shape index (κ3) is 4.38. The van der Waals surface area contributed by atoms with Crippen molar-refractivity contribution in [2.75, 3.05) is 33.2 Å². The van der Waals surface area contributed by atoms with Crippen LogP contribution in [-0.2, 0) is 0 Å². The second-order valence-electron chi connectivity index (χ2n) is 9.11. The lowest BCUT2D eigenvalue weighted by Gasteiger charge is -2.32. The fourth-order valence-electron chi connectivity index (χ4n) is 4.71. The van der Waals surface area contributed by atoms with Gasteiger partial charge in [0.1, 0.15) is 5.84 Å². The van der Waals surface area contributed by atoms with Crippen molar-refractivity contribution in [3.8, 4) is 0 Å². The lowest BCUT2D eigenvalue weighted by Crippen LogP contribution is -2.33. The van der Waals surface area contributed by atoms with Gasteiger partial charge in [0.05, 0.1) is 17.1 Å². The first-order chi connectivity index (χ1) is 14.9. The molecule has 0 bridgehead atoms. The summed E-state index contributed by atoms with van der Waals surface area (Å²) in [6, 6.07) is 0. The number of hydrogen-bond acceptors (Lipinski definition) is 5. The fourth-order valence-corrected chi connectivity index (χ4v) is 4.71. The van der Waals surface area contributed by atoms with Gasteiger partial charge in [-0.1, -0.05) is 25.2 Å². The Hall–Kier alpha value is -2.66. The second-order valence-corrected chi connectivity index (χ2v) is 9.11. The van der Waals surface area contributed by atoms with E-state index in [-0.39, 0.29) is 0 Å². The summed E-state index contributed by atoms with van der Waals surface area (Å²) in [6.07, 6.45) is 16.6. The van der Waals surface area contributed by atoms with Gasteiger partial charge < -0.3 is 15.1 Å². The molecule has 4 rings (SSSR count). The Morgan fingerprint density at radius 2 is 2.16 bits per heavy atom. The zero-order chi connectivity index (χ0) is 22.0. The standard InChI is InChI=1S/C26H35N5/c1-6-7-21-15-24(23(27-5)14-20(4)19(2)3)29-25-9-8-22(16-31(21)25)30-13-11-26(18-30)10-12-28-17-26/h7-9,14-16,28H,2,6,10-13,17-18H2,1,3-5H3/b20-14+,21-7-,27-23?. The van der Waals surface area contributed by atoms with Crippen LogP contribution in [0, 0.1) is 5.41 Å². The summed E-state index contributed by atoms with van der Waals surface area (Å²) in [6.45, 7) is 14.9. The summed E-state index contributed by atoms with van der Waals surface area (Å²) in [7, 11) is 1.82. The molecule has 2 fully saturated rings. The van der Waals surface area contributed by atoms with Gasteiger partial charge in [-0.25, -0.2) is 4.99 Å². The summed E-state index contributed by atoms with van der Waals surface area (Å²) in [5.74, 6) is 0.944. The zero-order valence-corrected chi connectivity index (χ0v) is 19.4. The van der Waals surface area contributed by atoms with Gasteiger partial charge in [-0.15, -0.1) is 0 Å². The second kappa shape index (κ2) is 8.83. The highest BCUT2D eigenvalue weighted by Crippen LogP contribution is 2.38.